The number of fused-ring (bicyclic) bond motifs is 1. The maximum absolute atomic E-state index is 12.9. The fourth-order valence-electron chi connectivity index (χ4n) is 2.28. The standard InChI is InChI=1S/C18H9F3O4S/c19-18(20,21)17(24)12(16(23)14-6-3-7-26-14)8-10-9-25-13-5-2-1-4-11(13)15(10)22/h1-9H. The van der Waals surface area contributed by atoms with Crippen LogP contribution in [0.1, 0.15) is 15.2 Å². The van der Waals surface area contributed by atoms with Crippen molar-refractivity contribution >= 4 is 39.9 Å². The number of para-hydroxylation sites is 1. The van der Waals surface area contributed by atoms with Crippen molar-refractivity contribution in [3.63, 3.8) is 0 Å². The van der Waals surface area contributed by atoms with Crippen molar-refractivity contribution in [1.29, 1.82) is 0 Å². The van der Waals surface area contributed by atoms with Crippen molar-refractivity contribution in [2.24, 2.45) is 0 Å². The van der Waals surface area contributed by atoms with Crippen LogP contribution in [-0.2, 0) is 4.79 Å². The molecule has 0 amide bonds. The molecule has 1 aromatic carbocycles. The Bertz CT molecular complexity index is 1080. The fourth-order valence-corrected chi connectivity index (χ4v) is 2.95. The Morgan fingerprint density at radius 2 is 1.81 bits per heavy atom. The maximum Gasteiger partial charge on any atom is 0.455 e. The van der Waals surface area contributed by atoms with E-state index in [4.69, 9.17) is 4.42 Å². The van der Waals surface area contributed by atoms with Gasteiger partial charge in [-0.15, -0.1) is 11.3 Å². The van der Waals surface area contributed by atoms with Crippen LogP contribution in [0.4, 0.5) is 13.2 Å². The second-order valence-corrected chi connectivity index (χ2v) is 6.16. The number of hydrogen-bond acceptors (Lipinski definition) is 5. The topological polar surface area (TPSA) is 64.3 Å². The number of rotatable bonds is 4. The number of thiophene rings is 1. The highest BCUT2D eigenvalue weighted by molar-refractivity contribution is 7.12. The van der Waals surface area contributed by atoms with Crippen LogP contribution in [0.5, 0.6) is 0 Å². The predicted molar refractivity (Wildman–Crippen MR) is 90.2 cm³/mol. The Labute approximate surface area is 148 Å². The lowest BCUT2D eigenvalue weighted by Crippen LogP contribution is -2.28. The van der Waals surface area contributed by atoms with Gasteiger partial charge >= 0.3 is 6.18 Å². The van der Waals surface area contributed by atoms with E-state index in [0.717, 1.165) is 17.6 Å². The molecule has 0 aliphatic heterocycles. The average Bonchev–Trinajstić information content (AvgIpc) is 3.14. The quantitative estimate of drug-likeness (QED) is 0.295. The van der Waals surface area contributed by atoms with Gasteiger partial charge in [0.05, 0.1) is 21.4 Å². The minimum Gasteiger partial charge on any atom is -0.463 e. The molecule has 0 saturated carbocycles. The van der Waals surface area contributed by atoms with E-state index in [-0.39, 0.29) is 21.4 Å². The number of allylic oxidation sites excluding steroid dienone is 1. The van der Waals surface area contributed by atoms with E-state index in [0.29, 0.717) is 6.08 Å². The number of carbonyl (C=O) groups excluding carboxylic acids is 2. The van der Waals surface area contributed by atoms with Crippen LogP contribution >= 0.6 is 11.3 Å². The third kappa shape index (κ3) is 3.36. The summed E-state index contributed by atoms with van der Waals surface area (Å²) in [6.07, 6.45) is -3.69. The van der Waals surface area contributed by atoms with Crippen molar-refractivity contribution in [3.05, 3.63) is 74.3 Å². The molecule has 0 unspecified atom stereocenters. The molecular weight excluding hydrogens is 369 g/mol. The molecular formula is C18H9F3O4S. The molecule has 0 N–H and O–H groups in total. The normalized spacial score (nSPS) is 12.3. The van der Waals surface area contributed by atoms with E-state index in [1.54, 1.807) is 12.1 Å². The molecule has 4 nitrogen and oxygen atoms in total. The van der Waals surface area contributed by atoms with Gasteiger partial charge in [-0.2, -0.15) is 13.2 Å². The van der Waals surface area contributed by atoms with Crippen molar-refractivity contribution in [3.8, 4) is 0 Å². The number of halogens is 3. The Morgan fingerprint density at radius 3 is 2.46 bits per heavy atom. The summed E-state index contributed by atoms with van der Waals surface area (Å²) in [5.41, 5.74) is -1.86. The van der Waals surface area contributed by atoms with Crippen LogP contribution < -0.4 is 5.43 Å². The molecule has 26 heavy (non-hydrogen) atoms. The molecule has 0 fully saturated rings. The molecule has 0 aliphatic carbocycles. The Hall–Kier alpha value is -3.00. The van der Waals surface area contributed by atoms with Crippen LogP contribution in [-0.4, -0.2) is 17.7 Å². The van der Waals surface area contributed by atoms with Crippen LogP contribution in [0.15, 0.2) is 62.8 Å². The van der Waals surface area contributed by atoms with Crippen molar-refractivity contribution in [2.75, 3.05) is 0 Å². The lowest BCUT2D eigenvalue weighted by Gasteiger charge is -2.08. The van der Waals surface area contributed by atoms with E-state index in [1.807, 2.05) is 0 Å². The molecule has 2 heterocycles. The molecule has 0 bridgehead atoms. The maximum atomic E-state index is 12.9. The molecule has 0 spiro atoms. The van der Waals surface area contributed by atoms with Crippen LogP contribution in [0.2, 0.25) is 0 Å². The number of benzene rings is 1. The van der Waals surface area contributed by atoms with Crippen molar-refractivity contribution in [2.45, 2.75) is 6.18 Å². The SMILES string of the molecule is O=C(C(=Cc1coc2ccccc2c1=O)C(=O)C(F)(F)F)c1cccs1. The van der Waals surface area contributed by atoms with Crippen LogP contribution in [0, 0.1) is 0 Å². The summed E-state index contributed by atoms with van der Waals surface area (Å²) in [5.74, 6) is -3.42. The number of ketones is 2. The predicted octanol–water partition coefficient (Wildman–Crippen LogP) is 4.25. The molecule has 8 heteroatoms. The summed E-state index contributed by atoms with van der Waals surface area (Å²) >= 11 is 0.893. The van der Waals surface area contributed by atoms with Gasteiger partial charge in [-0.25, -0.2) is 0 Å². The van der Waals surface area contributed by atoms with Gasteiger partial charge in [0.15, 0.2) is 5.43 Å². The highest BCUT2D eigenvalue weighted by Gasteiger charge is 2.43. The minimum atomic E-state index is -5.25. The minimum absolute atomic E-state index is 0.0426. The smallest absolute Gasteiger partial charge is 0.455 e. The zero-order valence-corrected chi connectivity index (χ0v) is 13.7. The van der Waals surface area contributed by atoms with Crippen LogP contribution in [0.25, 0.3) is 17.0 Å². The fraction of sp³-hybridized carbons (Fsp3) is 0.0556. The lowest BCUT2D eigenvalue weighted by molar-refractivity contribution is -0.166. The average molecular weight is 378 g/mol. The Kier molecular flexibility index (Phi) is 4.60. The van der Waals surface area contributed by atoms with Gasteiger partial charge in [0.25, 0.3) is 5.78 Å². The first kappa shape index (κ1) is 17.8. The summed E-state index contributed by atoms with van der Waals surface area (Å²) in [7, 11) is 0. The number of Topliss-reactive ketones (excluding diaryl/α,β-unsaturated/α-hetero) is 2. The molecule has 3 rings (SSSR count). The largest absolute Gasteiger partial charge is 0.463 e. The van der Waals surface area contributed by atoms with Gasteiger partial charge in [-0.3, -0.25) is 14.4 Å². The molecule has 0 atom stereocenters. The number of carbonyl (C=O) groups is 2. The molecule has 132 valence electrons. The monoisotopic (exact) mass is 378 g/mol. The third-order valence-corrected chi connectivity index (χ3v) is 4.37. The van der Waals surface area contributed by atoms with E-state index in [1.165, 1.54) is 29.6 Å². The zero-order valence-electron chi connectivity index (χ0n) is 12.9. The van der Waals surface area contributed by atoms with Crippen molar-refractivity contribution < 1.29 is 27.2 Å². The molecule has 3 aromatic rings. The van der Waals surface area contributed by atoms with Gasteiger partial charge < -0.3 is 4.42 Å². The van der Waals surface area contributed by atoms with Gasteiger partial charge in [0.1, 0.15) is 11.8 Å². The second-order valence-electron chi connectivity index (χ2n) is 5.21. The number of hydrogen-bond donors (Lipinski definition) is 0. The van der Waals surface area contributed by atoms with E-state index in [9.17, 15) is 27.6 Å². The molecule has 2 aromatic heterocycles. The highest BCUT2D eigenvalue weighted by Crippen LogP contribution is 2.26. The van der Waals surface area contributed by atoms with Crippen LogP contribution in [0.3, 0.4) is 0 Å². The first-order chi connectivity index (χ1) is 12.3. The van der Waals surface area contributed by atoms with Gasteiger partial charge in [0.2, 0.25) is 5.78 Å². The third-order valence-electron chi connectivity index (χ3n) is 3.50. The molecule has 0 saturated heterocycles. The summed E-state index contributed by atoms with van der Waals surface area (Å²) in [6.45, 7) is 0. The van der Waals surface area contributed by atoms with E-state index in [2.05, 4.69) is 0 Å². The van der Waals surface area contributed by atoms with Crippen molar-refractivity contribution in [1.82, 2.24) is 0 Å². The highest BCUT2D eigenvalue weighted by atomic mass is 32.1. The van der Waals surface area contributed by atoms with Gasteiger partial charge in [-0.05, 0) is 29.7 Å². The summed E-state index contributed by atoms with van der Waals surface area (Å²) < 4.78 is 44.0. The van der Waals surface area contributed by atoms with Gasteiger partial charge in [-0.1, -0.05) is 18.2 Å². The molecule has 0 radical (unpaired) electrons. The summed E-state index contributed by atoms with van der Waals surface area (Å²) in [4.78, 5) is 36.5. The summed E-state index contributed by atoms with van der Waals surface area (Å²) in [6, 6.07) is 8.91. The van der Waals surface area contributed by atoms with E-state index < -0.39 is 28.7 Å². The number of alkyl halides is 3. The molecule has 0 aliphatic rings. The van der Waals surface area contributed by atoms with Gasteiger partial charge in [0, 0.05) is 0 Å². The Balaban J connectivity index is 2.19. The summed E-state index contributed by atoms with van der Waals surface area (Å²) in [5, 5.41) is 1.62. The first-order valence-electron chi connectivity index (χ1n) is 7.21. The lowest BCUT2D eigenvalue weighted by atomic mass is 10.0. The Morgan fingerprint density at radius 1 is 1.08 bits per heavy atom. The second kappa shape index (κ2) is 6.72. The zero-order chi connectivity index (χ0) is 18.9. The first-order valence-corrected chi connectivity index (χ1v) is 8.09. The van der Waals surface area contributed by atoms with E-state index >= 15 is 0 Å².